The molecule has 4 nitrogen and oxygen atoms in total. The molecule has 1 aromatic heterocycles. The monoisotopic (exact) mass is 289 g/mol. The summed E-state index contributed by atoms with van der Waals surface area (Å²) < 4.78 is 0. The molecule has 0 bridgehead atoms. The molecule has 0 aliphatic carbocycles. The normalized spacial score (nSPS) is 20.8. The van der Waals surface area contributed by atoms with Crippen LogP contribution in [0.5, 0.6) is 0 Å². The van der Waals surface area contributed by atoms with Crippen LogP contribution in [-0.2, 0) is 0 Å². The maximum Gasteiger partial charge on any atom is 0.317 e. The van der Waals surface area contributed by atoms with Crippen molar-refractivity contribution in [3.05, 3.63) is 30.1 Å². The van der Waals surface area contributed by atoms with Crippen molar-refractivity contribution in [2.45, 2.75) is 47.1 Å². The summed E-state index contributed by atoms with van der Waals surface area (Å²) in [5.74, 6) is 0. The van der Waals surface area contributed by atoms with E-state index in [1.54, 1.807) is 12.4 Å². The molecule has 0 radical (unpaired) electrons. The van der Waals surface area contributed by atoms with Gasteiger partial charge in [-0.05, 0) is 29.5 Å². The van der Waals surface area contributed by atoms with Crippen molar-refractivity contribution in [2.75, 3.05) is 13.1 Å². The van der Waals surface area contributed by atoms with Gasteiger partial charge >= 0.3 is 6.03 Å². The van der Waals surface area contributed by atoms with E-state index >= 15 is 0 Å². The van der Waals surface area contributed by atoms with E-state index in [4.69, 9.17) is 0 Å². The lowest BCUT2D eigenvalue weighted by atomic mass is 9.72. The maximum absolute atomic E-state index is 12.4. The highest BCUT2D eigenvalue weighted by Crippen LogP contribution is 2.47. The Kier molecular flexibility index (Phi) is 4.26. The van der Waals surface area contributed by atoms with Crippen LogP contribution in [0.2, 0.25) is 0 Å². The molecule has 1 saturated heterocycles. The largest absolute Gasteiger partial charge is 0.338 e. The van der Waals surface area contributed by atoms with E-state index in [1.807, 2.05) is 17.0 Å². The third-order valence-electron chi connectivity index (χ3n) is 4.06. The SMILES string of the molecule is CC(C)(C)CCNC(=O)N1CC(C)(C)C1c1ccncc1. The highest BCUT2D eigenvalue weighted by atomic mass is 16.2. The number of carbonyl (C=O) groups is 1. The predicted octanol–water partition coefficient (Wildman–Crippen LogP) is 3.61. The number of carbonyl (C=O) groups excluding carboxylic acids is 1. The summed E-state index contributed by atoms with van der Waals surface area (Å²) in [6, 6.07) is 4.18. The summed E-state index contributed by atoms with van der Waals surface area (Å²) in [5.41, 5.74) is 1.52. The lowest BCUT2D eigenvalue weighted by molar-refractivity contribution is -0.0166. The lowest BCUT2D eigenvalue weighted by Crippen LogP contribution is -2.60. The fourth-order valence-electron chi connectivity index (χ4n) is 2.94. The first-order valence-electron chi connectivity index (χ1n) is 7.65. The average molecular weight is 289 g/mol. The van der Waals surface area contributed by atoms with Crippen LogP contribution in [0, 0.1) is 10.8 Å². The number of hydrogen-bond acceptors (Lipinski definition) is 2. The van der Waals surface area contributed by atoms with Crippen molar-refractivity contribution >= 4 is 6.03 Å². The molecule has 4 heteroatoms. The van der Waals surface area contributed by atoms with E-state index in [1.165, 1.54) is 0 Å². The molecule has 1 N–H and O–H groups in total. The topological polar surface area (TPSA) is 45.2 Å². The first-order valence-corrected chi connectivity index (χ1v) is 7.65. The minimum atomic E-state index is 0.0420. The second-order valence-corrected chi connectivity index (χ2v) is 7.84. The number of hydrogen-bond donors (Lipinski definition) is 1. The summed E-state index contributed by atoms with van der Waals surface area (Å²) >= 11 is 0. The molecule has 0 spiro atoms. The molecule has 1 fully saturated rings. The molecule has 2 rings (SSSR count). The molecule has 0 aromatic carbocycles. The van der Waals surface area contributed by atoms with Gasteiger partial charge in [0.15, 0.2) is 0 Å². The van der Waals surface area contributed by atoms with Crippen LogP contribution in [0.25, 0.3) is 0 Å². The van der Waals surface area contributed by atoms with Crippen molar-refractivity contribution in [1.29, 1.82) is 0 Å². The third-order valence-corrected chi connectivity index (χ3v) is 4.06. The quantitative estimate of drug-likeness (QED) is 0.924. The molecule has 0 saturated carbocycles. The molecule has 1 unspecified atom stereocenters. The van der Waals surface area contributed by atoms with Gasteiger partial charge in [0.05, 0.1) is 6.04 Å². The summed E-state index contributed by atoms with van der Waals surface area (Å²) in [7, 11) is 0. The van der Waals surface area contributed by atoms with Gasteiger partial charge in [-0.3, -0.25) is 4.98 Å². The van der Waals surface area contributed by atoms with Crippen LogP contribution in [0.15, 0.2) is 24.5 Å². The Morgan fingerprint density at radius 2 is 2.00 bits per heavy atom. The first-order chi connectivity index (χ1) is 9.71. The van der Waals surface area contributed by atoms with Crippen molar-refractivity contribution in [3.63, 3.8) is 0 Å². The van der Waals surface area contributed by atoms with E-state index in [-0.39, 0.29) is 22.9 Å². The van der Waals surface area contributed by atoms with Gasteiger partial charge in [-0.25, -0.2) is 4.79 Å². The number of urea groups is 1. The van der Waals surface area contributed by atoms with Gasteiger partial charge in [0.2, 0.25) is 0 Å². The number of rotatable bonds is 3. The van der Waals surface area contributed by atoms with Gasteiger partial charge in [-0.1, -0.05) is 34.6 Å². The zero-order valence-electron chi connectivity index (χ0n) is 13.8. The van der Waals surface area contributed by atoms with Crippen LogP contribution >= 0.6 is 0 Å². The summed E-state index contributed by atoms with van der Waals surface area (Å²) in [6.45, 7) is 12.5. The van der Waals surface area contributed by atoms with Crippen LogP contribution in [-0.4, -0.2) is 29.0 Å². The second kappa shape index (κ2) is 5.66. The number of likely N-dealkylation sites (tertiary alicyclic amines) is 1. The molecule has 21 heavy (non-hydrogen) atoms. The Labute approximate surface area is 127 Å². The van der Waals surface area contributed by atoms with Gasteiger partial charge in [-0.2, -0.15) is 0 Å². The summed E-state index contributed by atoms with van der Waals surface area (Å²) in [5, 5.41) is 3.05. The number of pyridine rings is 1. The average Bonchev–Trinajstić information content (AvgIpc) is 2.36. The van der Waals surface area contributed by atoms with Crippen LogP contribution in [0.4, 0.5) is 4.79 Å². The Hall–Kier alpha value is -1.58. The molecule has 2 heterocycles. The molecule has 116 valence electrons. The predicted molar refractivity (Wildman–Crippen MR) is 84.9 cm³/mol. The van der Waals surface area contributed by atoms with Gasteiger partial charge < -0.3 is 10.2 Å². The Morgan fingerprint density at radius 3 is 2.52 bits per heavy atom. The minimum Gasteiger partial charge on any atom is -0.338 e. The molecule has 1 atom stereocenters. The highest BCUT2D eigenvalue weighted by molar-refractivity contribution is 5.76. The van der Waals surface area contributed by atoms with E-state index in [2.05, 4.69) is 44.9 Å². The Morgan fingerprint density at radius 1 is 1.38 bits per heavy atom. The molecular formula is C17H27N3O. The van der Waals surface area contributed by atoms with Crippen molar-refractivity contribution in [3.8, 4) is 0 Å². The lowest BCUT2D eigenvalue weighted by Gasteiger charge is -2.54. The van der Waals surface area contributed by atoms with Crippen LogP contribution in [0.1, 0.15) is 52.6 Å². The van der Waals surface area contributed by atoms with E-state index in [0.717, 1.165) is 25.1 Å². The minimum absolute atomic E-state index is 0.0420. The van der Waals surface area contributed by atoms with Gasteiger partial charge in [0, 0.05) is 30.9 Å². The van der Waals surface area contributed by atoms with E-state index in [0.29, 0.717) is 0 Å². The molecule has 1 aliphatic heterocycles. The first kappa shape index (κ1) is 15.8. The zero-order chi connectivity index (χ0) is 15.7. The third kappa shape index (κ3) is 3.74. The van der Waals surface area contributed by atoms with Gasteiger partial charge in [0.25, 0.3) is 0 Å². The zero-order valence-corrected chi connectivity index (χ0v) is 13.8. The molecule has 1 aliphatic rings. The van der Waals surface area contributed by atoms with Crippen molar-refractivity contribution in [2.24, 2.45) is 10.8 Å². The fourth-order valence-corrected chi connectivity index (χ4v) is 2.94. The number of nitrogens with one attached hydrogen (secondary N) is 1. The van der Waals surface area contributed by atoms with E-state index < -0.39 is 0 Å². The summed E-state index contributed by atoms with van der Waals surface area (Å²) in [6.07, 6.45) is 4.56. The number of nitrogens with zero attached hydrogens (tertiary/aromatic N) is 2. The van der Waals surface area contributed by atoms with E-state index in [9.17, 15) is 4.79 Å². The highest BCUT2D eigenvalue weighted by Gasteiger charge is 2.48. The molecule has 1 aromatic rings. The number of amides is 2. The summed E-state index contributed by atoms with van der Waals surface area (Å²) in [4.78, 5) is 18.4. The standard InChI is InChI=1S/C17H27N3O/c1-16(2,3)8-11-19-15(21)20-12-17(4,5)14(20)13-6-9-18-10-7-13/h6-7,9-10,14H,8,11-12H2,1-5H3,(H,19,21). The van der Waals surface area contributed by atoms with Crippen LogP contribution < -0.4 is 5.32 Å². The smallest absolute Gasteiger partial charge is 0.317 e. The molecular weight excluding hydrogens is 262 g/mol. The molecule has 2 amide bonds. The van der Waals surface area contributed by atoms with Gasteiger partial charge in [0.1, 0.15) is 0 Å². The second-order valence-electron chi connectivity index (χ2n) is 7.84. The van der Waals surface area contributed by atoms with Crippen molar-refractivity contribution < 1.29 is 4.79 Å². The van der Waals surface area contributed by atoms with Crippen molar-refractivity contribution in [1.82, 2.24) is 15.2 Å². The van der Waals surface area contributed by atoms with Gasteiger partial charge in [-0.15, -0.1) is 0 Å². The van der Waals surface area contributed by atoms with Crippen LogP contribution in [0.3, 0.4) is 0 Å². The fraction of sp³-hybridized carbons (Fsp3) is 0.647. The Bertz CT molecular complexity index is 491. The number of aromatic nitrogens is 1. The Balaban J connectivity index is 1.98. The maximum atomic E-state index is 12.4.